The summed E-state index contributed by atoms with van der Waals surface area (Å²) < 4.78 is 5.26. The minimum Gasteiger partial charge on any atom is -0.475 e. The van der Waals surface area contributed by atoms with Crippen LogP contribution in [0.25, 0.3) is 0 Å². The third-order valence-corrected chi connectivity index (χ3v) is 4.06. The van der Waals surface area contributed by atoms with Crippen LogP contribution in [-0.4, -0.2) is 29.1 Å². The zero-order chi connectivity index (χ0) is 14.0. The number of nitrogens with zero attached hydrogens (tertiary/aromatic N) is 1. The zero-order valence-corrected chi connectivity index (χ0v) is 12.0. The summed E-state index contributed by atoms with van der Waals surface area (Å²) >= 11 is 0. The van der Waals surface area contributed by atoms with Crippen molar-refractivity contribution in [1.82, 2.24) is 4.90 Å². The van der Waals surface area contributed by atoms with Crippen molar-refractivity contribution >= 4 is 5.97 Å². The standard InChI is InChI=1S/C15H23NO3/c1-11-12(9-13(19-11)14(17)18)10-16-7-4-5-15(2,3)6-8-16/h9H,4-8,10H2,1-3H3,(H,17,18). The summed E-state index contributed by atoms with van der Waals surface area (Å²) in [5.41, 5.74) is 1.42. The van der Waals surface area contributed by atoms with E-state index in [0.717, 1.165) is 31.0 Å². The maximum atomic E-state index is 10.9. The number of carboxylic acids is 1. The fourth-order valence-electron chi connectivity index (χ4n) is 2.66. The Morgan fingerprint density at radius 1 is 1.42 bits per heavy atom. The summed E-state index contributed by atoms with van der Waals surface area (Å²) in [4.78, 5) is 13.3. The second kappa shape index (κ2) is 5.37. The number of carboxylic acid groups (broad SMARTS) is 1. The molecule has 4 nitrogen and oxygen atoms in total. The number of furan rings is 1. The zero-order valence-electron chi connectivity index (χ0n) is 12.0. The van der Waals surface area contributed by atoms with Crippen molar-refractivity contribution in [3.63, 3.8) is 0 Å². The number of rotatable bonds is 3. The van der Waals surface area contributed by atoms with Crippen molar-refractivity contribution in [2.75, 3.05) is 13.1 Å². The molecular formula is C15H23NO3. The van der Waals surface area contributed by atoms with Crippen LogP contribution in [0.15, 0.2) is 10.5 Å². The van der Waals surface area contributed by atoms with Crippen molar-refractivity contribution < 1.29 is 14.3 Å². The van der Waals surface area contributed by atoms with Crippen LogP contribution >= 0.6 is 0 Å². The van der Waals surface area contributed by atoms with E-state index in [1.54, 1.807) is 6.07 Å². The maximum Gasteiger partial charge on any atom is 0.371 e. The topological polar surface area (TPSA) is 53.7 Å². The molecule has 0 spiro atoms. The van der Waals surface area contributed by atoms with Crippen molar-refractivity contribution in [3.8, 4) is 0 Å². The SMILES string of the molecule is Cc1oc(C(=O)O)cc1CN1CCCC(C)(C)CC1. The lowest BCUT2D eigenvalue weighted by molar-refractivity contribution is 0.0661. The molecule has 1 N–H and O–H groups in total. The Labute approximate surface area is 114 Å². The van der Waals surface area contributed by atoms with E-state index in [0.29, 0.717) is 5.41 Å². The molecule has 19 heavy (non-hydrogen) atoms. The monoisotopic (exact) mass is 265 g/mol. The Morgan fingerprint density at radius 2 is 2.16 bits per heavy atom. The fraction of sp³-hybridized carbons (Fsp3) is 0.667. The van der Waals surface area contributed by atoms with Crippen LogP contribution in [0.2, 0.25) is 0 Å². The number of hydrogen-bond donors (Lipinski definition) is 1. The van der Waals surface area contributed by atoms with Crippen molar-refractivity contribution in [3.05, 3.63) is 23.2 Å². The molecule has 1 aliphatic rings. The van der Waals surface area contributed by atoms with Gasteiger partial charge in [0.25, 0.3) is 0 Å². The first kappa shape index (κ1) is 14.1. The van der Waals surface area contributed by atoms with Crippen LogP contribution in [0.5, 0.6) is 0 Å². The predicted octanol–water partition coefficient (Wildman–Crippen LogP) is 3.30. The second-order valence-corrected chi connectivity index (χ2v) is 6.29. The van der Waals surface area contributed by atoms with Crippen molar-refractivity contribution in [1.29, 1.82) is 0 Å². The third kappa shape index (κ3) is 3.60. The molecular weight excluding hydrogens is 242 g/mol. The highest BCUT2D eigenvalue weighted by atomic mass is 16.4. The molecule has 1 fully saturated rings. The molecule has 1 saturated heterocycles. The molecule has 2 heterocycles. The van der Waals surface area contributed by atoms with Gasteiger partial charge in [-0.1, -0.05) is 13.8 Å². The first-order chi connectivity index (χ1) is 8.87. The van der Waals surface area contributed by atoms with Crippen LogP contribution in [-0.2, 0) is 6.54 Å². The average molecular weight is 265 g/mol. The predicted molar refractivity (Wildman–Crippen MR) is 73.3 cm³/mol. The molecule has 0 amide bonds. The molecule has 0 bridgehead atoms. The molecule has 0 saturated carbocycles. The van der Waals surface area contributed by atoms with Crippen LogP contribution in [0.1, 0.15) is 55.0 Å². The van der Waals surface area contributed by atoms with E-state index < -0.39 is 5.97 Å². The van der Waals surface area contributed by atoms with E-state index in [4.69, 9.17) is 9.52 Å². The highest BCUT2D eigenvalue weighted by Crippen LogP contribution is 2.30. The van der Waals surface area contributed by atoms with Crippen LogP contribution in [0.3, 0.4) is 0 Å². The lowest BCUT2D eigenvalue weighted by Gasteiger charge is -2.23. The van der Waals surface area contributed by atoms with Gasteiger partial charge in [-0.25, -0.2) is 4.79 Å². The van der Waals surface area contributed by atoms with Crippen molar-refractivity contribution in [2.24, 2.45) is 5.41 Å². The van der Waals surface area contributed by atoms with Gasteiger partial charge in [-0.15, -0.1) is 0 Å². The van der Waals surface area contributed by atoms with Crippen molar-refractivity contribution in [2.45, 2.75) is 46.6 Å². The minimum absolute atomic E-state index is 0.0441. The van der Waals surface area contributed by atoms with Gasteiger partial charge >= 0.3 is 5.97 Å². The summed E-state index contributed by atoms with van der Waals surface area (Å²) in [6.07, 6.45) is 3.65. The molecule has 1 aromatic heterocycles. The molecule has 0 unspecified atom stereocenters. The van der Waals surface area contributed by atoms with E-state index in [1.807, 2.05) is 6.92 Å². The maximum absolute atomic E-state index is 10.9. The van der Waals surface area contributed by atoms with Crippen LogP contribution < -0.4 is 0 Å². The van der Waals surface area contributed by atoms with Gasteiger partial charge in [0.05, 0.1) is 0 Å². The molecule has 0 atom stereocenters. The summed E-state index contributed by atoms with van der Waals surface area (Å²) in [6.45, 7) is 9.42. The average Bonchev–Trinajstić information content (AvgIpc) is 2.58. The smallest absolute Gasteiger partial charge is 0.371 e. The molecule has 2 rings (SSSR count). The Hall–Kier alpha value is -1.29. The van der Waals surface area contributed by atoms with Gasteiger partial charge in [0, 0.05) is 12.1 Å². The lowest BCUT2D eigenvalue weighted by atomic mass is 9.85. The van der Waals surface area contributed by atoms with E-state index in [9.17, 15) is 4.79 Å². The Balaban J connectivity index is 2.03. The third-order valence-electron chi connectivity index (χ3n) is 4.06. The van der Waals surface area contributed by atoms with Gasteiger partial charge in [-0.3, -0.25) is 4.90 Å². The van der Waals surface area contributed by atoms with E-state index in [1.165, 1.54) is 19.3 Å². The minimum atomic E-state index is -0.994. The van der Waals surface area contributed by atoms with Gasteiger partial charge in [0.1, 0.15) is 5.76 Å². The van der Waals surface area contributed by atoms with Crippen LogP contribution in [0, 0.1) is 12.3 Å². The normalized spacial score (nSPS) is 20.2. The molecule has 1 aromatic rings. The molecule has 1 aliphatic heterocycles. The van der Waals surface area contributed by atoms with Gasteiger partial charge in [-0.05, 0) is 50.8 Å². The highest BCUT2D eigenvalue weighted by molar-refractivity contribution is 5.84. The largest absolute Gasteiger partial charge is 0.475 e. The molecule has 0 aromatic carbocycles. The molecule has 4 heteroatoms. The van der Waals surface area contributed by atoms with Crippen LogP contribution in [0.4, 0.5) is 0 Å². The molecule has 0 radical (unpaired) electrons. The first-order valence-corrected chi connectivity index (χ1v) is 6.92. The number of aryl methyl sites for hydroxylation is 1. The number of carbonyl (C=O) groups is 1. The lowest BCUT2D eigenvalue weighted by Crippen LogP contribution is -2.25. The second-order valence-electron chi connectivity index (χ2n) is 6.29. The number of hydrogen-bond acceptors (Lipinski definition) is 3. The van der Waals surface area contributed by atoms with E-state index in [-0.39, 0.29) is 5.76 Å². The summed E-state index contributed by atoms with van der Waals surface area (Å²) in [5.74, 6) is -0.227. The quantitative estimate of drug-likeness (QED) is 0.911. The Kier molecular flexibility index (Phi) is 3.99. The highest BCUT2D eigenvalue weighted by Gasteiger charge is 2.24. The van der Waals surface area contributed by atoms with Gasteiger partial charge in [0.2, 0.25) is 5.76 Å². The molecule has 0 aliphatic carbocycles. The number of likely N-dealkylation sites (tertiary alicyclic amines) is 1. The summed E-state index contributed by atoms with van der Waals surface area (Å²) in [7, 11) is 0. The summed E-state index contributed by atoms with van der Waals surface area (Å²) in [6, 6.07) is 1.66. The molecule has 106 valence electrons. The van der Waals surface area contributed by atoms with Gasteiger partial charge in [0.15, 0.2) is 0 Å². The van der Waals surface area contributed by atoms with E-state index in [2.05, 4.69) is 18.7 Å². The number of aromatic carboxylic acids is 1. The van der Waals surface area contributed by atoms with Gasteiger partial charge in [-0.2, -0.15) is 0 Å². The summed E-state index contributed by atoms with van der Waals surface area (Å²) in [5, 5.41) is 8.93. The first-order valence-electron chi connectivity index (χ1n) is 6.92. The Bertz CT molecular complexity index is 462. The van der Waals surface area contributed by atoms with E-state index >= 15 is 0 Å². The van der Waals surface area contributed by atoms with Gasteiger partial charge < -0.3 is 9.52 Å². The Morgan fingerprint density at radius 3 is 2.79 bits per heavy atom. The fourth-order valence-corrected chi connectivity index (χ4v) is 2.66.